The van der Waals surface area contributed by atoms with Crippen LogP contribution in [0.25, 0.3) is 0 Å². The summed E-state index contributed by atoms with van der Waals surface area (Å²) in [5, 5.41) is 0. The predicted molar refractivity (Wildman–Crippen MR) is 8.50 cm³/mol. The third-order valence-corrected chi connectivity index (χ3v) is 0. The Hall–Kier alpha value is 2.26. The molecule has 1 radical (unpaired) electrons. The summed E-state index contributed by atoms with van der Waals surface area (Å²) in [5.74, 6) is 0. The molecule has 0 bridgehead atoms. The molecule has 0 heterocycles. The third kappa shape index (κ3) is 63.5. The van der Waals surface area contributed by atoms with Crippen molar-refractivity contribution in [1.29, 1.82) is 0 Å². The zero-order valence-corrected chi connectivity index (χ0v) is 9.00. The van der Waals surface area contributed by atoms with Gasteiger partial charge in [0, 0.05) is 0 Å². The summed E-state index contributed by atoms with van der Waals surface area (Å²) < 4.78 is 0. The molecule has 0 saturated carbocycles. The third-order valence-electron chi connectivity index (χ3n) is 0. The molecule has 7 heteroatoms. The van der Waals surface area contributed by atoms with Crippen LogP contribution < -0.4 is 0 Å². The summed E-state index contributed by atoms with van der Waals surface area (Å²) in [6.07, 6.45) is 0. The van der Waals surface area contributed by atoms with Crippen molar-refractivity contribution < 1.29 is 58.8 Å². The van der Waals surface area contributed by atoms with Crippen molar-refractivity contribution in [2.24, 2.45) is 0 Å². The maximum absolute atomic E-state index is 0. The molecule has 0 amide bonds. The normalized spacial score (nSPS) is 0. The standard InChI is InChI=1S/Ca.Mn.4O.Os/q2*+2;4*-2;+4. The van der Waals surface area contributed by atoms with Crippen molar-refractivity contribution in [3.63, 3.8) is 0 Å². The number of rotatable bonds is 0. The van der Waals surface area contributed by atoms with Crippen LogP contribution in [-0.4, -0.2) is 37.7 Å². The summed E-state index contributed by atoms with van der Waals surface area (Å²) in [7, 11) is 0. The van der Waals surface area contributed by atoms with Crippen molar-refractivity contribution in [3.8, 4) is 0 Å². The molecular weight excluding hydrogens is 349 g/mol. The van der Waals surface area contributed by atoms with Crippen LogP contribution in [-0.2, 0) is 58.8 Å². The first-order chi connectivity index (χ1) is 0. The van der Waals surface area contributed by atoms with Gasteiger partial charge in [0.25, 0.3) is 0 Å². The average molecular weight is 349 g/mol. The van der Waals surface area contributed by atoms with Crippen LogP contribution in [0.15, 0.2) is 0 Å². The molecule has 0 spiro atoms. The molecule has 0 saturated heterocycles. The van der Waals surface area contributed by atoms with Crippen LogP contribution in [0, 0.1) is 0 Å². The Labute approximate surface area is 95.2 Å². The SMILES string of the molecule is [Ca+2].[Mn+2].[O-2].[O-2].[O-2].[O-2].[Os+4]. The molecule has 41 valence electrons. The second-order valence-corrected chi connectivity index (χ2v) is 0. The van der Waals surface area contributed by atoms with E-state index in [0.29, 0.717) is 0 Å². The van der Waals surface area contributed by atoms with E-state index in [-0.39, 0.29) is 96.5 Å². The molecule has 7 heavy (non-hydrogen) atoms. The van der Waals surface area contributed by atoms with Gasteiger partial charge in [-0.2, -0.15) is 0 Å². The van der Waals surface area contributed by atoms with Gasteiger partial charge in [0.05, 0.1) is 0 Å². The van der Waals surface area contributed by atoms with Crippen molar-refractivity contribution >= 4 is 37.7 Å². The van der Waals surface area contributed by atoms with E-state index in [1.54, 1.807) is 0 Å². The first kappa shape index (κ1) is 124. The van der Waals surface area contributed by atoms with E-state index in [1.807, 2.05) is 0 Å². The second-order valence-electron chi connectivity index (χ2n) is 0. The molecular formula is CaMnO4Os. The minimum absolute atomic E-state index is 0. The van der Waals surface area contributed by atoms with Crippen molar-refractivity contribution in [3.05, 3.63) is 0 Å². The first-order valence-corrected chi connectivity index (χ1v) is 0. The maximum Gasteiger partial charge on any atom is 4.00 e. The fourth-order valence-corrected chi connectivity index (χ4v) is 0. The van der Waals surface area contributed by atoms with Gasteiger partial charge < -0.3 is 21.9 Å². The van der Waals surface area contributed by atoms with Gasteiger partial charge in [-0.25, -0.2) is 0 Å². The van der Waals surface area contributed by atoms with Crippen LogP contribution >= 0.6 is 0 Å². The van der Waals surface area contributed by atoms with Crippen molar-refractivity contribution in [1.82, 2.24) is 0 Å². The Kier molecular flexibility index (Phi) is 1510. The molecule has 0 aliphatic heterocycles. The molecule has 0 aliphatic carbocycles. The molecule has 0 aromatic heterocycles. The second kappa shape index (κ2) is 85.4. The molecule has 0 aromatic carbocycles. The fraction of sp³-hybridized carbons (Fsp3) is 0. The minimum atomic E-state index is 0. The Bertz CT molecular complexity index is 11.7. The van der Waals surface area contributed by atoms with Gasteiger partial charge >= 0.3 is 74.6 Å². The van der Waals surface area contributed by atoms with E-state index in [2.05, 4.69) is 0 Å². The van der Waals surface area contributed by atoms with Crippen LogP contribution in [0.1, 0.15) is 0 Å². The molecule has 4 nitrogen and oxygen atoms in total. The minimum Gasteiger partial charge on any atom is -2.00 e. The van der Waals surface area contributed by atoms with Gasteiger partial charge in [0.15, 0.2) is 0 Å². The summed E-state index contributed by atoms with van der Waals surface area (Å²) in [4.78, 5) is 0. The zero-order valence-electron chi connectivity index (χ0n) is 3.07. The summed E-state index contributed by atoms with van der Waals surface area (Å²) >= 11 is 0. The smallest absolute Gasteiger partial charge is 2.00 e. The quantitative estimate of drug-likeness (QED) is 0.507. The fourth-order valence-electron chi connectivity index (χ4n) is 0. The first-order valence-electron chi connectivity index (χ1n) is 0. The molecule has 0 N–H and O–H groups in total. The zero-order chi connectivity index (χ0) is 0. The van der Waals surface area contributed by atoms with Gasteiger partial charge in [0.1, 0.15) is 0 Å². The van der Waals surface area contributed by atoms with Crippen LogP contribution in [0.3, 0.4) is 0 Å². The van der Waals surface area contributed by atoms with Crippen molar-refractivity contribution in [2.75, 3.05) is 0 Å². The Morgan fingerprint density at radius 2 is 0.571 bits per heavy atom. The maximum atomic E-state index is 0. The Balaban J connectivity index is 0. The Morgan fingerprint density at radius 1 is 0.571 bits per heavy atom. The van der Waals surface area contributed by atoms with E-state index in [4.69, 9.17) is 0 Å². The molecule has 0 unspecified atom stereocenters. The average Bonchev–Trinajstić information content (AvgIpc) is 0. The van der Waals surface area contributed by atoms with Gasteiger partial charge in [-0.1, -0.05) is 0 Å². The largest absolute Gasteiger partial charge is 4.00 e. The van der Waals surface area contributed by atoms with Crippen molar-refractivity contribution in [2.45, 2.75) is 0 Å². The predicted octanol–water partition coefficient (Wildman–Crippen LogP) is -0.861. The van der Waals surface area contributed by atoms with Gasteiger partial charge in [0.2, 0.25) is 0 Å². The van der Waals surface area contributed by atoms with E-state index in [0.717, 1.165) is 0 Å². The van der Waals surface area contributed by atoms with Gasteiger partial charge in [-0.3, -0.25) is 0 Å². The number of hydrogen-bond donors (Lipinski definition) is 0. The van der Waals surface area contributed by atoms with Crippen LogP contribution in [0.2, 0.25) is 0 Å². The molecule has 0 aliphatic rings. The van der Waals surface area contributed by atoms with E-state index >= 15 is 0 Å². The Morgan fingerprint density at radius 3 is 0.571 bits per heavy atom. The van der Waals surface area contributed by atoms with Crippen LogP contribution in [0.4, 0.5) is 0 Å². The van der Waals surface area contributed by atoms with E-state index < -0.39 is 0 Å². The van der Waals surface area contributed by atoms with Gasteiger partial charge in [-0.05, 0) is 0 Å². The monoisotopic (exact) mass is 351 g/mol. The van der Waals surface area contributed by atoms with Gasteiger partial charge in [-0.15, -0.1) is 0 Å². The van der Waals surface area contributed by atoms with E-state index in [1.165, 1.54) is 0 Å². The topological polar surface area (TPSA) is 114 Å². The molecule has 0 aromatic rings. The van der Waals surface area contributed by atoms with Crippen LogP contribution in [0.5, 0.6) is 0 Å². The van der Waals surface area contributed by atoms with E-state index in [9.17, 15) is 0 Å². The molecule has 0 rings (SSSR count). The number of hydrogen-bond acceptors (Lipinski definition) is 0. The molecule has 0 fully saturated rings. The molecule has 0 atom stereocenters. The summed E-state index contributed by atoms with van der Waals surface area (Å²) in [6, 6.07) is 0. The summed E-state index contributed by atoms with van der Waals surface area (Å²) in [6.45, 7) is 0. The summed E-state index contributed by atoms with van der Waals surface area (Å²) in [5.41, 5.74) is 0.